The summed E-state index contributed by atoms with van der Waals surface area (Å²) >= 11 is 0. The summed E-state index contributed by atoms with van der Waals surface area (Å²) < 4.78 is 0. The molecule has 0 bridgehead atoms. The van der Waals surface area contributed by atoms with Gasteiger partial charge in [-0.2, -0.15) is 0 Å². The van der Waals surface area contributed by atoms with E-state index in [-0.39, 0.29) is 61.7 Å². The normalized spacial score (nSPS) is 9.33. The van der Waals surface area contributed by atoms with E-state index >= 15 is 0 Å². The molecule has 0 rings (SSSR count). The topological polar surface area (TPSA) is 74.6 Å². The van der Waals surface area contributed by atoms with Gasteiger partial charge in [0, 0.05) is 12.8 Å². The van der Waals surface area contributed by atoms with Crippen LogP contribution < -0.4 is 0 Å². The van der Waals surface area contributed by atoms with Crippen molar-refractivity contribution in [3.63, 3.8) is 0 Å². The Hall–Kier alpha value is 0.511. The average molecular weight is 342 g/mol. The molecule has 0 amide bonds. The number of rotatable bonds is 9. The fourth-order valence-corrected chi connectivity index (χ4v) is 1.26. The van der Waals surface area contributed by atoms with Gasteiger partial charge < -0.3 is 10.2 Å². The van der Waals surface area contributed by atoms with Gasteiger partial charge in [-0.3, -0.25) is 9.59 Å². The van der Waals surface area contributed by atoms with Crippen molar-refractivity contribution >= 4 is 60.8 Å². The molecule has 0 atom stereocenters. The third-order valence-electron chi connectivity index (χ3n) is 2.03. The van der Waals surface area contributed by atoms with Crippen LogP contribution in [0.4, 0.5) is 0 Å². The zero-order valence-corrected chi connectivity index (χ0v) is 8.37. The van der Waals surface area contributed by atoms with E-state index in [1.165, 1.54) is 0 Å². The van der Waals surface area contributed by atoms with Crippen molar-refractivity contribution in [1.29, 1.82) is 0 Å². The molecule has 0 saturated heterocycles. The van der Waals surface area contributed by atoms with Crippen molar-refractivity contribution in [2.75, 3.05) is 0 Å². The van der Waals surface area contributed by atoms with Crippen LogP contribution in [0.1, 0.15) is 51.4 Å². The number of hydrogen-bond donors (Lipinski definition) is 2. The van der Waals surface area contributed by atoms with Crippen LogP contribution in [0.25, 0.3) is 0 Å². The van der Waals surface area contributed by atoms with E-state index in [4.69, 9.17) is 10.2 Å². The summed E-state index contributed by atoms with van der Waals surface area (Å²) in [5, 5.41) is 16.7. The van der Waals surface area contributed by atoms with Gasteiger partial charge in [0.15, 0.2) is 0 Å². The van der Waals surface area contributed by atoms with Crippen LogP contribution in [0.3, 0.4) is 0 Å². The van der Waals surface area contributed by atoms with E-state index in [1.807, 2.05) is 0 Å². The maximum absolute atomic E-state index is 10.1. The van der Waals surface area contributed by atoms with Crippen LogP contribution in [0, 0.1) is 0 Å². The van der Waals surface area contributed by atoms with Gasteiger partial charge in [0.05, 0.1) is 0 Å². The van der Waals surface area contributed by atoms with Gasteiger partial charge in [0.25, 0.3) is 0 Å². The summed E-state index contributed by atoms with van der Waals surface area (Å²) in [5.41, 5.74) is 0. The zero-order valence-electron chi connectivity index (χ0n) is 8.37. The van der Waals surface area contributed by atoms with Gasteiger partial charge >= 0.3 is 60.8 Å². The monoisotopic (exact) mass is 342 g/mol. The van der Waals surface area contributed by atoms with Crippen LogP contribution in [0.2, 0.25) is 0 Å². The van der Waals surface area contributed by atoms with Gasteiger partial charge in [-0.15, -0.1) is 0 Å². The Kier molecular flexibility index (Phi) is 15.0. The molecule has 0 spiro atoms. The summed E-state index contributed by atoms with van der Waals surface area (Å²) in [4.78, 5) is 20.3. The van der Waals surface area contributed by atoms with Gasteiger partial charge in [-0.05, 0) is 12.8 Å². The Morgan fingerprint density at radius 2 is 0.933 bits per heavy atom. The molecule has 0 aromatic rings. The number of unbranched alkanes of at least 4 members (excludes halogenated alkanes) is 5. The average Bonchev–Trinajstić information content (AvgIpc) is 2.08. The molecule has 0 aliphatic carbocycles. The van der Waals surface area contributed by atoms with E-state index in [9.17, 15) is 9.59 Å². The third-order valence-corrected chi connectivity index (χ3v) is 2.03. The van der Waals surface area contributed by atoms with Gasteiger partial charge in [-0.1, -0.05) is 25.7 Å². The van der Waals surface area contributed by atoms with Gasteiger partial charge in [0.1, 0.15) is 0 Å². The van der Waals surface area contributed by atoms with E-state index in [0.29, 0.717) is 0 Å². The molecule has 4 nitrogen and oxygen atoms in total. The van der Waals surface area contributed by atoms with E-state index in [2.05, 4.69) is 0 Å². The van der Waals surface area contributed by atoms with Crippen LogP contribution in [-0.2, 0) is 9.59 Å². The van der Waals surface area contributed by atoms with E-state index in [1.54, 1.807) is 0 Å². The summed E-state index contributed by atoms with van der Waals surface area (Å²) in [6.45, 7) is 0. The van der Waals surface area contributed by atoms with E-state index in [0.717, 1.165) is 38.5 Å². The summed E-state index contributed by atoms with van der Waals surface area (Å²) in [6, 6.07) is 0. The minimum atomic E-state index is -0.740. The maximum atomic E-state index is 10.1. The SMILES string of the molecule is O=C(O)CCCCCCCCC(=O)O.[BaH2]. The molecule has 0 aliphatic heterocycles. The van der Waals surface area contributed by atoms with E-state index < -0.39 is 11.9 Å². The van der Waals surface area contributed by atoms with Crippen LogP contribution in [-0.4, -0.2) is 71.0 Å². The Morgan fingerprint density at radius 1 is 0.667 bits per heavy atom. The third kappa shape index (κ3) is 17.1. The quantitative estimate of drug-likeness (QED) is 0.490. The summed E-state index contributed by atoms with van der Waals surface area (Å²) in [5.74, 6) is -1.48. The number of carboxylic acid groups (broad SMARTS) is 2. The predicted molar refractivity (Wildman–Crippen MR) is 60.8 cm³/mol. The first-order valence-electron chi connectivity index (χ1n) is 5.06. The number of aliphatic carboxylic acids is 2. The Labute approximate surface area is 131 Å². The molecule has 0 heterocycles. The first kappa shape index (κ1) is 17.9. The first-order valence-corrected chi connectivity index (χ1v) is 5.06. The Balaban J connectivity index is 0. The predicted octanol–water partition coefficient (Wildman–Crippen LogP) is 1.36. The molecule has 0 aromatic carbocycles. The van der Waals surface area contributed by atoms with Crippen molar-refractivity contribution in [2.24, 2.45) is 0 Å². The molecule has 0 radical (unpaired) electrons. The summed E-state index contributed by atoms with van der Waals surface area (Å²) in [7, 11) is 0. The fourth-order valence-electron chi connectivity index (χ4n) is 1.26. The second kappa shape index (κ2) is 12.6. The first-order chi connectivity index (χ1) is 6.63. The van der Waals surface area contributed by atoms with Crippen molar-refractivity contribution in [3.8, 4) is 0 Å². The molecule has 0 saturated carbocycles. The number of carbonyl (C=O) groups is 2. The van der Waals surface area contributed by atoms with Crippen molar-refractivity contribution in [1.82, 2.24) is 0 Å². The molecular formula is C10H20BaO4. The standard InChI is InChI=1S/C10H18O4.Ba.2H/c11-9(12)7-5-3-1-2-4-6-8-10(13)14;;;/h1-8H2,(H,11,12)(H,13,14);;;. The molecule has 5 heteroatoms. The molecule has 0 aromatic heterocycles. The van der Waals surface area contributed by atoms with Crippen LogP contribution in [0.5, 0.6) is 0 Å². The zero-order chi connectivity index (χ0) is 10.8. The van der Waals surface area contributed by atoms with Crippen LogP contribution >= 0.6 is 0 Å². The summed E-state index contributed by atoms with van der Waals surface area (Å²) in [6.07, 6.45) is 5.82. The molecule has 0 aliphatic rings. The Bertz CT molecular complexity index is 162. The molecule has 0 unspecified atom stereocenters. The van der Waals surface area contributed by atoms with Crippen molar-refractivity contribution in [2.45, 2.75) is 51.4 Å². The fraction of sp³-hybridized carbons (Fsp3) is 0.800. The second-order valence-electron chi connectivity index (χ2n) is 3.41. The molecule has 15 heavy (non-hydrogen) atoms. The van der Waals surface area contributed by atoms with Crippen molar-refractivity contribution < 1.29 is 19.8 Å². The molecule has 86 valence electrons. The second-order valence-corrected chi connectivity index (χ2v) is 3.41. The van der Waals surface area contributed by atoms with Crippen molar-refractivity contribution in [3.05, 3.63) is 0 Å². The van der Waals surface area contributed by atoms with Gasteiger partial charge in [-0.25, -0.2) is 0 Å². The molecular weight excluding hydrogens is 321 g/mol. The van der Waals surface area contributed by atoms with Crippen LogP contribution in [0.15, 0.2) is 0 Å². The number of hydrogen-bond acceptors (Lipinski definition) is 2. The Morgan fingerprint density at radius 3 is 1.20 bits per heavy atom. The molecule has 2 N–H and O–H groups in total. The van der Waals surface area contributed by atoms with Gasteiger partial charge in [0.2, 0.25) is 0 Å². The number of carboxylic acids is 2. The molecule has 0 fully saturated rings. The minimum absolute atomic E-state index is 0.